The van der Waals surface area contributed by atoms with Crippen molar-refractivity contribution in [3.8, 4) is 0 Å². The summed E-state index contributed by atoms with van der Waals surface area (Å²) in [6.07, 6.45) is 4.17. The van der Waals surface area contributed by atoms with Gasteiger partial charge in [-0.1, -0.05) is 47.6 Å². The number of esters is 1. The molecule has 1 amide bonds. The summed E-state index contributed by atoms with van der Waals surface area (Å²) in [6, 6.07) is -0.573. The molecule has 0 spiro atoms. The van der Waals surface area contributed by atoms with Gasteiger partial charge in [0.2, 0.25) is 5.91 Å². The molecule has 0 aliphatic heterocycles. The first-order chi connectivity index (χ1) is 17.9. The summed E-state index contributed by atoms with van der Waals surface area (Å²) in [7, 11) is 0. The molecule has 0 aromatic carbocycles. The summed E-state index contributed by atoms with van der Waals surface area (Å²) in [5.74, 6) is -0.243. The minimum absolute atomic E-state index is 0.0382. The van der Waals surface area contributed by atoms with E-state index in [0.29, 0.717) is 19.4 Å². The lowest BCUT2D eigenvalue weighted by Gasteiger charge is -2.61. The molecule has 222 valence electrons. The van der Waals surface area contributed by atoms with Gasteiger partial charge in [0.15, 0.2) is 0 Å². The molecule has 1 unspecified atom stereocenters. The van der Waals surface area contributed by atoms with Gasteiger partial charge in [-0.2, -0.15) is 0 Å². The van der Waals surface area contributed by atoms with Crippen molar-refractivity contribution in [2.45, 2.75) is 110 Å². The van der Waals surface area contributed by atoms with Gasteiger partial charge in [0.1, 0.15) is 11.9 Å². The second-order valence-corrected chi connectivity index (χ2v) is 15.8. The Balaban J connectivity index is 1.82. The van der Waals surface area contributed by atoms with Crippen LogP contribution >= 0.6 is 11.8 Å². The minimum Gasteiger partial charge on any atom is -0.461 e. The van der Waals surface area contributed by atoms with Gasteiger partial charge in [0.25, 0.3) is 0 Å². The number of thioether (sulfide) groups is 1. The van der Waals surface area contributed by atoms with Crippen LogP contribution in [0.15, 0.2) is 12.7 Å². The van der Waals surface area contributed by atoms with E-state index in [2.05, 4.69) is 32.7 Å². The number of aliphatic hydroxyl groups is 1. The summed E-state index contributed by atoms with van der Waals surface area (Å²) >= 11 is 1.43. The molecule has 0 aromatic rings. The Morgan fingerprint density at radius 3 is 2.51 bits per heavy atom. The van der Waals surface area contributed by atoms with Crippen molar-refractivity contribution in [1.29, 1.82) is 0 Å². The van der Waals surface area contributed by atoms with Gasteiger partial charge < -0.3 is 20.9 Å². The third kappa shape index (κ3) is 5.85. The lowest BCUT2D eigenvalue weighted by molar-refractivity contribution is -0.205. The Labute approximate surface area is 239 Å². The van der Waals surface area contributed by atoms with Gasteiger partial charge in [0, 0.05) is 34.5 Å². The van der Waals surface area contributed by atoms with E-state index < -0.39 is 33.8 Å². The molecule has 8 heteroatoms. The summed E-state index contributed by atoms with van der Waals surface area (Å²) in [5, 5.41) is 14.6. The van der Waals surface area contributed by atoms with Crippen LogP contribution in [-0.2, 0) is 19.1 Å². The molecule has 39 heavy (non-hydrogen) atoms. The van der Waals surface area contributed by atoms with Gasteiger partial charge in [-0.25, -0.2) is 0 Å². The molecule has 3 aliphatic carbocycles. The number of nitrogens with two attached hydrogens (primary N) is 1. The van der Waals surface area contributed by atoms with Gasteiger partial charge in [-0.3, -0.25) is 14.4 Å². The van der Waals surface area contributed by atoms with E-state index in [1.807, 2.05) is 40.7 Å². The van der Waals surface area contributed by atoms with Crippen LogP contribution < -0.4 is 11.1 Å². The normalized spacial score (nSPS) is 39.4. The number of ketones is 1. The van der Waals surface area contributed by atoms with Crippen LogP contribution in [0.1, 0.15) is 87.5 Å². The number of ether oxygens (including phenoxy) is 1. The fourth-order valence-corrected chi connectivity index (χ4v) is 8.47. The molecule has 7 nitrogen and oxygen atoms in total. The predicted octanol–water partition coefficient (Wildman–Crippen LogP) is 4.50. The van der Waals surface area contributed by atoms with Gasteiger partial charge in [-0.15, -0.1) is 18.3 Å². The third-order valence-electron chi connectivity index (χ3n) is 10.9. The minimum atomic E-state index is -0.684. The molecule has 0 heterocycles. The van der Waals surface area contributed by atoms with Gasteiger partial charge >= 0.3 is 5.97 Å². The van der Waals surface area contributed by atoms with Crippen LogP contribution in [0, 0.1) is 39.9 Å². The van der Waals surface area contributed by atoms with Crippen molar-refractivity contribution >= 4 is 29.4 Å². The number of Topliss-reactive ketones (excluding diaryl/α,β-unsaturated/α-hetero) is 1. The Hall–Kier alpha value is -1.38. The van der Waals surface area contributed by atoms with Crippen LogP contribution in [0.25, 0.3) is 0 Å². The van der Waals surface area contributed by atoms with Crippen molar-refractivity contribution in [1.82, 2.24) is 5.32 Å². The molecule has 3 fully saturated rings. The topological polar surface area (TPSA) is 119 Å². The maximum absolute atomic E-state index is 13.5. The van der Waals surface area contributed by atoms with Crippen molar-refractivity contribution in [3.05, 3.63) is 12.7 Å². The zero-order valence-corrected chi connectivity index (χ0v) is 26.2. The monoisotopic (exact) mass is 564 g/mol. The second kappa shape index (κ2) is 11.5. The number of aliphatic hydroxyl groups excluding tert-OH is 1. The molecule has 4 N–H and O–H groups in total. The maximum atomic E-state index is 13.5. The van der Waals surface area contributed by atoms with Crippen molar-refractivity contribution in [3.63, 3.8) is 0 Å². The summed E-state index contributed by atoms with van der Waals surface area (Å²) in [5.41, 5.74) is 4.49. The van der Waals surface area contributed by atoms with E-state index in [9.17, 15) is 19.5 Å². The van der Waals surface area contributed by atoms with Crippen LogP contribution in [0.3, 0.4) is 0 Å². The Bertz CT molecular complexity index is 969. The lowest BCUT2D eigenvalue weighted by Crippen LogP contribution is -2.63. The van der Waals surface area contributed by atoms with E-state index in [4.69, 9.17) is 10.5 Å². The number of nitrogens with one attached hydrogen (secondary N) is 1. The molecule has 9 atom stereocenters. The van der Waals surface area contributed by atoms with Gasteiger partial charge in [-0.05, 0) is 62.7 Å². The highest BCUT2D eigenvalue weighted by Gasteiger charge is 2.68. The molecule has 3 rings (SSSR count). The zero-order valence-electron chi connectivity index (χ0n) is 25.3. The molecule has 0 aromatic heterocycles. The van der Waals surface area contributed by atoms with Crippen molar-refractivity contribution < 1.29 is 24.2 Å². The first-order valence-corrected chi connectivity index (χ1v) is 15.6. The van der Waals surface area contributed by atoms with Crippen molar-refractivity contribution in [2.75, 3.05) is 12.3 Å². The Kier molecular flexibility index (Phi) is 9.46. The van der Waals surface area contributed by atoms with Crippen LogP contribution in [0.2, 0.25) is 0 Å². The number of hydrogen-bond acceptors (Lipinski definition) is 7. The van der Waals surface area contributed by atoms with Crippen LogP contribution in [0.4, 0.5) is 0 Å². The first kappa shape index (κ1) is 32.1. The van der Waals surface area contributed by atoms with E-state index >= 15 is 0 Å². The lowest BCUT2D eigenvalue weighted by atomic mass is 9.44. The average molecular weight is 565 g/mol. The molecule has 0 saturated heterocycles. The quantitative estimate of drug-likeness (QED) is 0.279. The number of hydrogen-bond donors (Lipinski definition) is 3. The smallest absolute Gasteiger partial charge is 0.316 e. The Morgan fingerprint density at radius 2 is 1.92 bits per heavy atom. The summed E-state index contributed by atoms with van der Waals surface area (Å²) in [4.78, 5) is 39.2. The van der Waals surface area contributed by atoms with Crippen molar-refractivity contribution in [2.24, 2.45) is 45.7 Å². The zero-order chi connectivity index (χ0) is 29.6. The van der Waals surface area contributed by atoms with E-state index in [1.165, 1.54) is 11.8 Å². The predicted molar refractivity (Wildman–Crippen MR) is 157 cm³/mol. The molecule has 0 radical (unpaired) electrons. The Morgan fingerprint density at radius 1 is 1.28 bits per heavy atom. The second-order valence-electron chi connectivity index (χ2n) is 14.1. The fourth-order valence-electron chi connectivity index (χ4n) is 7.72. The van der Waals surface area contributed by atoms with Gasteiger partial charge in [0.05, 0.1) is 17.9 Å². The number of carbonyl (C=O) groups is 3. The highest BCUT2D eigenvalue weighted by Crippen LogP contribution is 2.68. The van der Waals surface area contributed by atoms with Crippen LogP contribution in [0.5, 0.6) is 0 Å². The highest BCUT2D eigenvalue weighted by atomic mass is 32.2. The number of carbonyl (C=O) groups excluding carboxylic acids is 3. The van der Waals surface area contributed by atoms with E-state index in [1.54, 1.807) is 0 Å². The molecule has 3 aliphatic rings. The molecular formula is C31H52N2O5S. The number of rotatable bonds is 9. The third-order valence-corrected chi connectivity index (χ3v) is 12.2. The first-order valence-electron chi connectivity index (χ1n) is 14.7. The largest absolute Gasteiger partial charge is 0.461 e. The average Bonchev–Trinajstić information content (AvgIpc) is 3.24. The summed E-state index contributed by atoms with van der Waals surface area (Å²) in [6.45, 7) is 20.7. The SMILES string of the molecule is C=C[C@]1(C)C[C@@H](OC(=O)CSC(C)(C)CNC(=O)C(N)C(C)C)[C@]2(C)[C@H](C)CC[C@]3(CCC(=O)[C@H]32)[C@@H](C)[C@@H]1O. The fraction of sp³-hybridized carbons (Fsp3) is 0.839. The van der Waals surface area contributed by atoms with E-state index in [0.717, 1.165) is 19.3 Å². The molecule has 3 saturated carbocycles. The molecule has 2 bridgehead atoms. The number of amides is 1. The summed E-state index contributed by atoms with van der Waals surface area (Å²) < 4.78 is 5.92. The highest BCUT2D eigenvalue weighted by molar-refractivity contribution is 8.01. The standard InChI is InChI=1S/C31H52N2O5S/c1-10-29(8)15-22(38-23(35)16-39-28(6,7)17-33-27(37)24(32)18(2)3)30(9)19(4)11-13-31(20(5)26(29)36)14-12-21(34)25(30)31/h10,18-20,22,24-26,36H,1,11-17,32H2,2-9H3,(H,33,37)/t19-,20+,22-,24?,25+,26+,29-,30+,31+/m1/s1. The molecular weight excluding hydrogens is 512 g/mol. The van der Waals surface area contributed by atoms with Crippen LogP contribution in [-0.4, -0.2) is 58.1 Å². The maximum Gasteiger partial charge on any atom is 0.316 e. The van der Waals surface area contributed by atoms with E-state index in [-0.39, 0.29) is 52.5 Å².